The lowest BCUT2D eigenvalue weighted by atomic mass is 10.1. The van der Waals surface area contributed by atoms with Crippen molar-refractivity contribution in [2.24, 2.45) is 0 Å². The Balaban J connectivity index is 2.30. The van der Waals surface area contributed by atoms with Crippen LogP contribution in [0.4, 0.5) is 0 Å². The van der Waals surface area contributed by atoms with Crippen LogP contribution in [0.15, 0.2) is 24.3 Å². The average molecular weight is 286 g/mol. The number of nitrogens with zero attached hydrogens (tertiary/aromatic N) is 2. The van der Waals surface area contributed by atoms with Gasteiger partial charge in [-0.15, -0.1) is 0 Å². The molecule has 2 aromatic rings. The van der Waals surface area contributed by atoms with Gasteiger partial charge in [-0.05, 0) is 49.6 Å². The highest BCUT2D eigenvalue weighted by molar-refractivity contribution is 5.89. The molecule has 1 heterocycles. The van der Waals surface area contributed by atoms with Crippen LogP contribution in [0, 0.1) is 13.8 Å². The topological polar surface area (TPSA) is 72.3 Å². The van der Waals surface area contributed by atoms with Crippen molar-refractivity contribution >= 4 is 5.97 Å². The maximum Gasteiger partial charge on any atom is 0.335 e. The van der Waals surface area contributed by atoms with Crippen LogP contribution in [0.3, 0.4) is 0 Å². The summed E-state index contributed by atoms with van der Waals surface area (Å²) < 4.78 is 5.65. The Labute approximate surface area is 123 Å². The van der Waals surface area contributed by atoms with Crippen molar-refractivity contribution in [1.29, 1.82) is 0 Å². The zero-order chi connectivity index (χ0) is 15.6. The molecule has 0 atom stereocenters. The Hall–Kier alpha value is -2.43. The number of carboxylic acid groups (broad SMARTS) is 1. The van der Waals surface area contributed by atoms with E-state index in [1.165, 1.54) is 6.07 Å². The van der Waals surface area contributed by atoms with Crippen LogP contribution in [0.25, 0.3) is 0 Å². The Morgan fingerprint density at radius 3 is 2.48 bits per heavy atom. The first-order valence-electron chi connectivity index (χ1n) is 6.74. The summed E-state index contributed by atoms with van der Waals surface area (Å²) in [5.74, 6) is -0.143. The fourth-order valence-corrected chi connectivity index (χ4v) is 1.95. The van der Waals surface area contributed by atoms with Gasteiger partial charge < -0.3 is 9.84 Å². The van der Waals surface area contributed by atoms with E-state index in [0.29, 0.717) is 11.3 Å². The number of carbonyl (C=O) groups is 1. The molecular formula is C16H18N2O3. The molecule has 0 spiro atoms. The maximum absolute atomic E-state index is 11.0. The molecule has 1 aromatic carbocycles. The molecule has 0 saturated heterocycles. The summed E-state index contributed by atoms with van der Waals surface area (Å²) in [6.07, 6.45) is 0. The molecule has 21 heavy (non-hydrogen) atoms. The number of rotatable bonds is 4. The zero-order valence-corrected chi connectivity index (χ0v) is 12.5. The van der Waals surface area contributed by atoms with Crippen molar-refractivity contribution < 1.29 is 14.6 Å². The summed E-state index contributed by atoms with van der Waals surface area (Å²) >= 11 is 0. The van der Waals surface area contributed by atoms with Gasteiger partial charge in [-0.2, -0.15) is 4.98 Å². The Morgan fingerprint density at radius 2 is 1.90 bits per heavy atom. The molecule has 2 rings (SSSR count). The van der Waals surface area contributed by atoms with E-state index in [2.05, 4.69) is 23.8 Å². The number of benzene rings is 1. The van der Waals surface area contributed by atoms with Crippen molar-refractivity contribution in [1.82, 2.24) is 9.97 Å². The van der Waals surface area contributed by atoms with E-state index in [4.69, 9.17) is 9.84 Å². The number of hydrogen-bond donors (Lipinski definition) is 1. The summed E-state index contributed by atoms with van der Waals surface area (Å²) in [6.45, 7) is 7.72. The van der Waals surface area contributed by atoms with Crippen LogP contribution in [-0.4, -0.2) is 21.0 Å². The van der Waals surface area contributed by atoms with E-state index in [1.807, 2.05) is 13.0 Å². The van der Waals surface area contributed by atoms with Gasteiger partial charge in [0, 0.05) is 5.69 Å². The third-order valence-electron chi connectivity index (χ3n) is 3.08. The van der Waals surface area contributed by atoms with Gasteiger partial charge in [0.25, 0.3) is 0 Å². The Kier molecular flexibility index (Phi) is 4.21. The first-order chi connectivity index (χ1) is 9.86. The predicted octanol–water partition coefficient (Wildman–Crippen LogP) is 3.71. The molecule has 5 heteroatoms. The molecule has 5 nitrogen and oxygen atoms in total. The van der Waals surface area contributed by atoms with Crippen LogP contribution < -0.4 is 4.74 Å². The molecule has 0 radical (unpaired) electrons. The highest BCUT2D eigenvalue weighted by Gasteiger charge is 2.11. The minimum Gasteiger partial charge on any atom is -0.478 e. The van der Waals surface area contributed by atoms with Crippen LogP contribution in [0.1, 0.15) is 47.1 Å². The lowest BCUT2D eigenvalue weighted by Gasteiger charge is -2.10. The molecule has 0 amide bonds. The molecule has 0 aliphatic rings. The summed E-state index contributed by atoms with van der Waals surface area (Å²) in [5, 5.41) is 9.01. The lowest BCUT2D eigenvalue weighted by molar-refractivity contribution is 0.0696. The number of aromatic nitrogens is 2. The number of carboxylic acids is 1. The standard InChI is InChI=1S/C16H18N2O3/c1-9(2)14-8-11(4)17-16(18-14)21-12-5-6-13(15(19)20)10(3)7-12/h5-9H,1-4H3,(H,19,20). The second kappa shape index (κ2) is 5.91. The third-order valence-corrected chi connectivity index (χ3v) is 3.08. The lowest BCUT2D eigenvalue weighted by Crippen LogP contribution is -2.02. The Morgan fingerprint density at radius 1 is 1.19 bits per heavy atom. The molecule has 0 aliphatic heterocycles. The van der Waals surface area contributed by atoms with Gasteiger partial charge in [0.1, 0.15) is 5.75 Å². The number of aryl methyl sites for hydroxylation is 2. The first-order valence-corrected chi connectivity index (χ1v) is 6.74. The number of ether oxygens (including phenoxy) is 1. The second-order valence-electron chi connectivity index (χ2n) is 5.26. The summed E-state index contributed by atoms with van der Waals surface area (Å²) in [6, 6.07) is 7.00. The minimum absolute atomic E-state index is 0.260. The van der Waals surface area contributed by atoms with E-state index in [0.717, 1.165) is 11.4 Å². The van der Waals surface area contributed by atoms with E-state index < -0.39 is 5.97 Å². The highest BCUT2D eigenvalue weighted by atomic mass is 16.5. The van der Waals surface area contributed by atoms with Crippen LogP contribution in [0.2, 0.25) is 0 Å². The smallest absolute Gasteiger partial charge is 0.335 e. The molecule has 0 bridgehead atoms. The predicted molar refractivity (Wildman–Crippen MR) is 79.1 cm³/mol. The molecule has 1 N–H and O–H groups in total. The van der Waals surface area contributed by atoms with Gasteiger partial charge in [0.15, 0.2) is 0 Å². The summed E-state index contributed by atoms with van der Waals surface area (Å²) in [7, 11) is 0. The van der Waals surface area contributed by atoms with Gasteiger partial charge in [-0.1, -0.05) is 13.8 Å². The number of aromatic carboxylic acids is 1. The van der Waals surface area contributed by atoms with Gasteiger partial charge in [-0.25, -0.2) is 9.78 Å². The van der Waals surface area contributed by atoms with E-state index in [-0.39, 0.29) is 17.5 Å². The molecule has 1 aromatic heterocycles. The van der Waals surface area contributed by atoms with Gasteiger partial charge in [0.2, 0.25) is 0 Å². The zero-order valence-electron chi connectivity index (χ0n) is 12.5. The van der Waals surface area contributed by atoms with Gasteiger partial charge >= 0.3 is 12.0 Å². The molecule has 0 fully saturated rings. The molecule has 110 valence electrons. The van der Waals surface area contributed by atoms with Gasteiger partial charge in [0.05, 0.1) is 11.3 Å². The van der Waals surface area contributed by atoms with E-state index in [9.17, 15) is 4.79 Å². The minimum atomic E-state index is -0.951. The van der Waals surface area contributed by atoms with Crippen molar-refractivity contribution in [2.75, 3.05) is 0 Å². The summed E-state index contributed by atoms with van der Waals surface area (Å²) in [4.78, 5) is 19.6. The van der Waals surface area contributed by atoms with Crippen LogP contribution >= 0.6 is 0 Å². The molecule has 0 aliphatic carbocycles. The maximum atomic E-state index is 11.0. The first kappa shape index (κ1) is 15.0. The largest absolute Gasteiger partial charge is 0.478 e. The second-order valence-corrected chi connectivity index (χ2v) is 5.26. The van der Waals surface area contributed by atoms with Crippen LogP contribution in [-0.2, 0) is 0 Å². The van der Waals surface area contributed by atoms with E-state index in [1.54, 1.807) is 19.1 Å². The van der Waals surface area contributed by atoms with Gasteiger partial charge in [-0.3, -0.25) is 0 Å². The fraction of sp³-hybridized carbons (Fsp3) is 0.312. The molecule has 0 saturated carbocycles. The van der Waals surface area contributed by atoms with Crippen LogP contribution in [0.5, 0.6) is 11.8 Å². The highest BCUT2D eigenvalue weighted by Crippen LogP contribution is 2.23. The SMILES string of the molecule is Cc1cc(C(C)C)nc(Oc2ccc(C(=O)O)c(C)c2)n1. The molecule has 0 unspecified atom stereocenters. The average Bonchev–Trinajstić information content (AvgIpc) is 2.37. The third kappa shape index (κ3) is 3.56. The summed E-state index contributed by atoms with van der Waals surface area (Å²) in [5.41, 5.74) is 2.64. The van der Waals surface area contributed by atoms with Crippen molar-refractivity contribution in [3.8, 4) is 11.8 Å². The van der Waals surface area contributed by atoms with Crippen molar-refractivity contribution in [3.63, 3.8) is 0 Å². The van der Waals surface area contributed by atoms with Crippen molar-refractivity contribution in [2.45, 2.75) is 33.6 Å². The number of hydrogen-bond acceptors (Lipinski definition) is 4. The quantitative estimate of drug-likeness (QED) is 0.927. The van der Waals surface area contributed by atoms with Crippen molar-refractivity contribution in [3.05, 3.63) is 46.8 Å². The fourth-order valence-electron chi connectivity index (χ4n) is 1.95. The Bertz CT molecular complexity index is 681. The molecular weight excluding hydrogens is 268 g/mol. The monoisotopic (exact) mass is 286 g/mol. The van der Waals surface area contributed by atoms with E-state index >= 15 is 0 Å². The normalized spacial score (nSPS) is 10.7.